The molecule has 3 aromatic rings. The number of aryl methyl sites for hydroxylation is 1. The Morgan fingerprint density at radius 3 is 2.44 bits per heavy atom. The molecule has 132 valence electrons. The highest BCUT2D eigenvalue weighted by Gasteiger charge is 2.07. The van der Waals surface area contributed by atoms with Crippen LogP contribution >= 0.6 is 27.5 Å². The monoisotopic (exact) mass is 420 g/mol. The summed E-state index contributed by atoms with van der Waals surface area (Å²) >= 11 is 9.78. The molecule has 0 aliphatic carbocycles. The second kappa shape index (κ2) is 9.07. The number of ether oxygens (including phenoxy) is 1. The lowest BCUT2D eigenvalue weighted by molar-refractivity contribution is 0.414. The molecule has 0 spiro atoms. The normalized spacial score (nSPS) is 10.2. The number of hydrogen-bond donors (Lipinski definition) is 1. The highest BCUT2D eigenvalue weighted by Crippen LogP contribution is 2.29. The maximum atomic E-state index is 6.20. The number of anilines is 1. The third kappa shape index (κ3) is 4.86. The van der Waals surface area contributed by atoms with E-state index in [2.05, 4.69) is 32.3 Å². The number of pyridine rings is 1. The molecule has 25 heavy (non-hydrogen) atoms. The number of nitrogens with one attached hydrogen (secondary N) is 1. The number of methoxy groups -OCH3 is 1. The molecule has 0 saturated carbocycles. The van der Waals surface area contributed by atoms with Crippen molar-refractivity contribution in [1.82, 2.24) is 4.98 Å². The van der Waals surface area contributed by atoms with Crippen LogP contribution in [0.4, 0.5) is 5.82 Å². The summed E-state index contributed by atoms with van der Waals surface area (Å²) in [5.74, 6) is 1.65. The van der Waals surface area contributed by atoms with Crippen LogP contribution in [0.1, 0.15) is 25.0 Å². The van der Waals surface area contributed by atoms with Gasteiger partial charge in [0.05, 0.1) is 17.1 Å². The molecule has 0 atom stereocenters. The van der Waals surface area contributed by atoms with Crippen molar-refractivity contribution in [2.24, 2.45) is 0 Å². The van der Waals surface area contributed by atoms with Gasteiger partial charge in [0.2, 0.25) is 0 Å². The van der Waals surface area contributed by atoms with Gasteiger partial charge >= 0.3 is 0 Å². The van der Waals surface area contributed by atoms with E-state index < -0.39 is 0 Å². The van der Waals surface area contributed by atoms with E-state index in [9.17, 15) is 0 Å². The van der Waals surface area contributed by atoms with Gasteiger partial charge < -0.3 is 10.1 Å². The Hall–Kier alpha value is -1.78. The number of hydrogen-bond acceptors (Lipinski definition) is 3. The highest BCUT2D eigenvalue weighted by molar-refractivity contribution is 9.10. The molecule has 0 saturated heterocycles. The number of rotatable bonds is 4. The molecule has 3 rings (SSSR count). The lowest BCUT2D eigenvalue weighted by Crippen LogP contribution is -2.02. The number of benzene rings is 2. The molecule has 1 heterocycles. The number of fused-ring (bicyclic) bond motifs is 1. The lowest BCUT2D eigenvalue weighted by atomic mass is 10.1. The van der Waals surface area contributed by atoms with E-state index in [4.69, 9.17) is 16.3 Å². The van der Waals surface area contributed by atoms with E-state index in [0.29, 0.717) is 6.54 Å². The van der Waals surface area contributed by atoms with Crippen molar-refractivity contribution in [2.45, 2.75) is 27.3 Å². The Morgan fingerprint density at radius 1 is 1.12 bits per heavy atom. The maximum absolute atomic E-state index is 6.20. The van der Waals surface area contributed by atoms with Crippen LogP contribution in [0.5, 0.6) is 5.75 Å². The van der Waals surface area contributed by atoms with Crippen molar-refractivity contribution in [3.05, 3.63) is 63.1 Å². The third-order valence-electron chi connectivity index (χ3n) is 3.67. The summed E-state index contributed by atoms with van der Waals surface area (Å²) in [5, 5.41) is 5.14. The topological polar surface area (TPSA) is 34.1 Å². The van der Waals surface area contributed by atoms with Crippen molar-refractivity contribution in [1.29, 1.82) is 0 Å². The number of halogens is 2. The fourth-order valence-electron chi connectivity index (χ4n) is 2.34. The molecule has 1 N–H and O–H groups in total. The first-order valence-electron chi connectivity index (χ1n) is 8.20. The molecule has 0 aliphatic heterocycles. The zero-order chi connectivity index (χ0) is 18.4. The zero-order valence-electron chi connectivity index (χ0n) is 14.9. The average Bonchev–Trinajstić information content (AvgIpc) is 2.64. The Labute approximate surface area is 162 Å². The molecule has 5 heteroatoms. The summed E-state index contributed by atoms with van der Waals surface area (Å²) < 4.78 is 6.10. The molecule has 0 aliphatic rings. The second-order valence-electron chi connectivity index (χ2n) is 5.31. The van der Waals surface area contributed by atoms with Crippen LogP contribution < -0.4 is 10.1 Å². The predicted octanol–water partition coefficient (Wildman–Crippen LogP) is 6.61. The molecule has 0 amide bonds. The van der Waals surface area contributed by atoms with Gasteiger partial charge in [0.1, 0.15) is 11.6 Å². The SMILES string of the molecule is CC.COc1ccc(CNc2nc3cc(Cl)c(C)cc3cc2Br)cc1. The Balaban J connectivity index is 0.00000109. The minimum atomic E-state index is 0.681. The largest absolute Gasteiger partial charge is 0.497 e. The van der Waals surface area contributed by atoms with Gasteiger partial charge in [-0.1, -0.05) is 37.6 Å². The van der Waals surface area contributed by atoms with Gasteiger partial charge in [0, 0.05) is 17.0 Å². The van der Waals surface area contributed by atoms with E-state index in [0.717, 1.165) is 43.1 Å². The van der Waals surface area contributed by atoms with E-state index in [-0.39, 0.29) is 0 Å². The van der Waals surface area contributed by atoms with Crippen LogP contribution in [0, 0.1) is 6.92 Å². The average molecular weight is 422 g/mol. The van der Waals surface area contributed by atoms with Gasteiger partial charge in [-0.25, -0.2) is 4.98 Å². The summed E-state index contributed by atoms with van der Waals surface area (Å²) in [5.41, 5.74) is 3.08. The molecule has 1 aromatic heterocycles. The predicted molar refractivity (Wildman–Crippen MR) is 111 cm³/mol. The third-order valence-corrected chi connectivity index (χ3v) is 4.68. The quantitative estimate of drug-likeness (QED) is 0.515. The van der Waals surface area contributed by atoms with Crippen LogP contribution in [0.15, 0.2) is 46.9 Å². The van der Waals surface area contributed by atoms with Crippen LogP contribution in [0.2, 0.25) is 5.02 Å². The Kier molecular flexibility index (Phi) is 7.09. The van der Waals surface area contributed by atoms with Crippen LogP contribution in [-0.4, -0.2) is 12.1 Å². The second-order valence-corrected chi connectivity index (χ2v) is 6.58. The van der Waals surface area contributed by atoms with Crippen molar-refractivity contribution in [3.63, 3.8) is 0 Å². The Morgan fingerprint density at radius 2 is 1.80 bits per heavy atom. The van der Waals surface area contributed by atoms with Crippen molar-refractivity contribution >= 4 is 44.3 Å². The highest BCUT2D eigenvalue weighted by atomic mass is 79.9. The first kappa shape index (κ1) is 19.5. The molecule has 0 bridgehead atoms. The standard InChI is InChI=1S/C18H16BrClN2O.C2H6/c1-11-7-13-8-15(19)18(22-17(13)9-16(11)20)21-10-12-3-5-14(23-2)6-4-12;1-2/h3-9H,10H2,1-2H3,(H,21,22);1-2H3. The van der Waals surface area contributed by atoms with Gasteiger partial charge in [0.15, 0.2) is 0 Å². The summed E-state index contributed by atoms with van der Waals surface area (Å²) in [6, 6.07) is 14.0. The fourth-order valence-corrected chi connectivity index (χ4v) is 2.97. The summed E-state index contributed by atoms with van der Waals surface area (Å²) in [4.78, 5) is 4.66. The summed E-state index contributed by atoms with van der Waals surface area (Å²) in [6.45, 7) is 6.67. The first-order chi connectivity index (χ1) is 12.1. The summed E-state index contributed by atoms with van der Waals surface area (Å²) in [7, 11) is 1.66. The van der Waals surface area contributed by atoms with E-state index in [1.807, 2.05) is 57.2 Å². The van der Waals surface area contributed by atoms with Crippen LogP contribution in [0.3, 0.4) is 0 Å². The minimum absolute atomic E-state index is 0.681. The number of aromatic nitrogens is 1. The lowest BCUT2D eigenvalue weighted by Gasteiger charge is -2.10. The molecular formula is C20H22BrClN2O. The van der Waals surface area contributed by atoms with Crippen LogP contribution in [-0.2, 0) is 6.54 Å². The van der Waals surface area contributed by atoms with Crippen molar-refractivity contribution in [2.75, 3.05) is 12.4 Å². The molecule has 3 nitrogen and oxygen atoms in total. The molecule has 0 fully saturated rings. The van der Waals surface area contributed by atoms with Gasteiger partial charge in [-0.2, -0.15) is 0 Å². The Bertz CT molecular complexity index is 850. The van der Waals surface area contributed by atoms with Crippen molar-refractivity contribution in [3.8, 4) is 5.75 Å². The van der Waals surface area contributed by atoms with E-state index in [1.54, 1.807) is 7.11 Å². The first-order valence-corrected chi connectivity index (χ1v) is 9.37. The van der Waals surface area contributed by atoms with Gasteiger partial charge in [0.25, 0.3) is 0 Å². The van der Waals surface area contributed by atoms with E-state index in [1.165, 1.54) is 0 Å². The fraction of sp³-hybridized carbons (Fsp3) is 0.250. The smallest absolute Gasteiger partial charge is 0.141 e. The van der Waals surface area contributed by atoms with Gasteiger partial charge in [-0.15, -0.1) is 0 Å². The van der Waals surface area contributed by atoms with E-state index >= 15 is 0 Å². The molecule has 0 radical (unpaired) electrons. The van der Waals surface area contributed by atoms with Crippen molar-refractivity contribution < 1.29 is 4.74 Å². The molecule has 2 aromatic carbocycles. The molecule has 0 unspecified atom stereocenters. The molecular weight excluding hydrogens is 400 g/mol. The van der Waals surface area contributed by atoms with Gasteiger partial charge in [-0.05, 0) is 64.3 Å². The minimum Gasteiger partial charge on any atom is -0.497 e. The van der Waals surface area contributed by atoms with Gasteiger partial charge in [-0.3, -0.25) is 0 Å². The van der Waals surface area contributed by atoms with Crippen LogP contribution in [0.25, 0.3) is 10.9 Å². The number of nitrogens with zero attached hydrogens (tertiary/aromatic N) is 1. The summed E-state index contributed by atoms with van der Waals surface area (Å²) in [6.07, 6.45) is 0. The zero-order valence-corrected chi connectivity index (χ0v) is 17.2. The maximum Gasteiger partial charge on any atom is 0.141 e.